The van der Waals surface area contributed by atoms with E-state index in [0.29, 0.717) is 17.8 Å². The number of carbonyl (C=O) groups excluding carboxylic acids is 1. The van der Waals surface area contributed by atoms with Crippen molar-refractivity contribution in [3.05, 3.63) is 11.3 Å². The van der Waals surface area contributed by atoms with E-state index in [0.717, 1.165) is 0 Å². The summed E-state index contributed by atoms with van der Waals surface area (Å²) in [5.41, 5.74) is -1.93. The standard InChI is InChI=1S/C16H24O5/c1-14(2)6-10(18)8-5-9(17)12(19)16(13(8)21-14)7-11(16)15(3,4)20/h9,11-12,17,19-20H,5-7H2,1-4H3/t9-,11-,12-,16-/m0/s1. The first-order valence-corrected chi connectivity index (χ1v) is 7.53. The molecule has 0 saturated heterocycles. The molecule has 1 heterocycles. The Morgan fingerprint density at radius 2 is 1.90 bits per heavy atom. The third-order valence-corrected chi connectivity index (χ3v) is 5.16. The summed E-state index contributed by atoms with van der Waals surface area (Å²) in [6.45, 7) is 7.08. The van der Waals surface area contributed by atoms with Gasteiger partial charge in [-0.2, -0.15) is 0 Å². The first-order valence-electron chi connectivity index (χ1n) is 7.53. The average Bonchev–Trinajstić information content (AvgIpc) is 3.05. The van der Waals surface area contributed by atoms with Crippen LogP contribution in [0.4, 0.5) is 0 Å². The van der Waals surface area contributed by atoms with Gasteiger partial charge in [-0.1, -0.05) is 0 Å². The van der Waals surface area contributed by atoms with Gasteiger partial charge in [0.1, 0.15) is 11.4 Å². The quantitative estimate of drug-likeness (QED) is 0.669. The smallest absolute Gasteiger partial charge is 0.166 e. The van der Waals surface area contributed by atoms with Crippen LogP contribution in [-0.2, 0) is 9.53 Å². The van der Waals surface area contributed by atoms with E-state index in [1.807, 2.05) is 13.8 Å². The fourth-order valence-electron chi connectivity index (χ4n) is 4.11. The van der Waals surface area contributed by atoms with Gasteiger partial charge in [-0.15, -0.1) is 0 Å². The Morgan fingerprint density at radius 3 is 2.43 bits per heavy atom. The van der Waals surface area contributed by atoms with Crippen LogP contribution in [-0.4, -0.2) is 44.5 Å². The summed E-state index contributed by atoms with van der Waals surface area (Å²) in [7, 11) is 0. The Bertz CT molecular complexity index is 527. The lowest BCUT2D eigenvalue weighted by Gasteiger charge is -2.44. The highest BCUT2D eigenvalue weighted by Crippen LogP contribution is 2.68. The predicted molar refractivity (Wildman–Crippen MR) is 75.3 cm³/mol. The predicted octanol–water partition coefficient (Wildman–Crippen LogP) is 0.911. The molecular weight excluding hydrogens is 272 g/mol. The van der Waals surface area contributed by atoms with E-state index in [1.54, 1.807) is 13.8 Å². The SMILES string of the molecule is CC1(C)CC(=O)C2=C(O1)[C@]1(C[C@H]1C(C)(C)O)[C@@H](O)[C@@H](O)C2. The number of hydrogen-bond acceptors (Lipinski definition) is 5. The molecule has 2 aliphatic carbocycles. The van der Waals surface area contributed by atoms with E-state index in [-0.39, 0.29) is 24.5 Å². The van der Waals surface area contributed by atoms with E-state index in [2.05, 4.69) is 0 Å². The Morgan fingerprint density at radius 1 is 1.29 bits per heavy atom. The summed E-state index contributed by atoms with van der Waals surface area (Å²) in [5, 5.41) is 31.0. The van der Waals surface area contributed by atoms with Crippen molar-refractivity contribution in [2.24, 2.45) is 11.3 Å². The van der Waals surface area contributed by atoms with Crippen LogP contribution in [0.2, 0.25) is 0 Å². The number of carbonyl (C=O) groups is 1. The summed E-state index contributed by atoms with van der Waals surface area (Å²) in [4.78, 5) is 12.4. The molecule has 1 spiro atoms. The molecule has 5 heteroatoms. The lowest BCUT2D eigenvalue weighted by Crippen LogP contribution is -2.49. The Balaban J connectivity index is 2.10. The number of aliphatic hydroxyl groups excluding tert-OH is 2. The van der Waals surface area contributed by atoms with Crippen LogP contribution in [0.1, 0.15) is 47.0 Å². The zero-order chi connectivity index (χ0) is 15.8. The maximum Gasteiger partial charge on any atom is 0.166 e. The van der Waals surface area contributed by atoms with Crippen molar-refractivity contribution in [1.29, 1.82) is 0 Å². The third kappa shape index (κ3) is 2.05. The maximum absolute atomic E-state index is 12.4. The fourth-order valence-corrected chi connectivity index (χ4v) is 4.11. The first kappa shape index (κ1) is 15.0. The Kier molecular flexibility index (Phi) is 2.92. The molecule has 3 aliphatic rings. The van der Waals surface area contributed by atoms with Crippen LogP contribution in [0.5, 0.6) is 0 Å². The van der Waals surface area contributed by atoms with Gasteiger partial charge < -0.3 is 20.1 Å². The summed E-state index contributed by atoms with van der Waals surface area (Å²) >= 11 is 0. The monoisotopic (exact) mass is 296 g/mol. The molecule has 5 nitrogen and oxygen atoms in total. The summed E-state index contributed by atoms with van der Waals surface area (Å²) < 4.78 is 6.05. The molecule has 0 aromatic heterocycles. The molecule has 1 aliphatic heterocycles. The number of hydrogen-bond donors (Lipinski definition) is 3. The molecule has 0 amide bonds. The number of ether oxygens (including phenoxy) is 1. The van der Waals surface area contributed by atoms with Crippen LogP contribution in [0.3, 0.4) is 0 Å². The second kappa shape index (κ2) is 4.09. The van der Waals surface area contributed by atoms with Crippen LogP contribution in [0, 0.1) is 11.3 Å². The Labute approximate surface area is 124 Å². The van der Waals surface area contributed by atoms with Crippen molar-refractivity contribution in [2.45, 2.75) is 70.4 Å². The van der Waals surface area contributed by atoms with Gasteiger partial charge >= 0.3 is 0 Å². The van der Waals surface area contributed by atoms with Gasteiger partial charge in [0.2, 0.25) is 0 Å². The molecule has 4 atom stereocenters. The zero-order valence-electron chi connectivity index (χ0n) is 13.0. The van der Waals surface area contributed by atoms with Gasteiger partial charge in [0.25, 0.3) is 0 Å². The number of Topliss-reactive ketones (excluding diaryl/α,β-unsaturated/α-hetero) is 1. The fraction of sp³-hybridized carbons (Fsp3) is 0.812. The van der Waals surface area contributed by atoms with Gasteiger partial charge in [0.15, 0.2) is 5.78 Å². The summed E-state index contributed by atoms with van der Waals surface area (Å²) in [5.74, 6) is 0.267. The van der Waals surface area contributed by atoms with Crippen molar-refractivity contribution in [3.8, 4) is 0 Å². The third-order valence-electron chi connectivity index (χ3n) is 5.16. The molecule has 0 unspecified atom stereocenters. The molecule has 0 aromatic rings. The molecule has 0 aromatic carbocycles. The van der Waals surface area contributed by atoms with E-state index >= 15 is 0 Å². The van der Waals surface area contributed by atoms with Crippen molar-refractivity contribution in [2.75, 3.05) is 0 Å². The van der Waals surface area contributed by atoms with Gasteiger partial charge in [0.05, 0.1) is 29.6 Å². The van der Waals surface area contributed by atoms with Crippen molar-refractivity contribution in [3.63, 3.8) is 0 Å². The van der Waals surface area contributed by atoms with Crippen molar-refractivity contribution >= 4 is 5.78 Å². The van der Waals surface area contributed by atoms with E-state index in [4.69, 9.17) is 4.74 Å². The lowest BCUT2D eigenvalue weighted by atomic mass is 9.74. The molecule has 0 bridgehead atoms. The second-order valence-electron chi connectivity index (χ2n) is 7.94. The van der Waals surface area contributed by atoms with Gasteiger partial charge in [0, 0.05) is 17.9 Å². The highest BCUT2D eigenvalue weighted by atomic mass is 16.5. The van der Waals surface area contributed by atoms with Crippen molar-refractivity contribution < 1.29 is 24.9 Å². The lowest BCUT2D eigenvalue weighted by molar-refractivity contribution is -0.133. The van der Waals surface area contributed by atoms with Crippen LogP contribution < -0.4 is 0 Å². The number of ketones is 1. The highest BCUT2D eigenvalue weighted by molar-refractivity contribution is 5.98. The number of aliphatic hydroxyl groups is 3. The second-order valence-corrected chi connectivity index (χ2v) is 7.94. The molecule has 21 heavy (non-hydrogen) atoms. The summed E-state index contributed by atoms with van der Waals surface area (Å²) in [6, 6.07) is 0. The topological polar surface area (TPSA) is 87.0 Å². The van der Waals surface area contributed by atoms with Crippen LogP contribution in [0.25, 0.3) is 0 Å². The van der Waals surface area contributed by atoms with E-state index in [1.165, 1.54) is 0 Å². The van der Waals surface area contributed by atoms with Gasteiger partial charge in [-0.05, 0) is 34.1 Å². The van der Waals surface area contributed by atoms with Gasteiger partial charge in [-0.3, -0.25) is 4.79 Å². The first-order chi connectivity index (χ1) is 9.49. The number of fused-ring (bicyclic) bond motifs is 1. The molecule has 0 radical (unpaired) electrons. The molecule has 3 rings (SSSR count). The average molecular weight is 296 g/mol. The highest BCUT2D eigenvalue weighted by Gasteiger charge is 2.71. The van der Waals surface area contributed by atoms with Crippen LogP contribution >= 0.6 is 0 Å². The minimum Gasteiger partial charge on any atom is -0.491 e. The molecule has 1 fully saturated rings. The molecule has 118 valence electrons. The molecular formula is C16H24O5. The van der Waals surface area contributed by atoms with Crippen LogP contribution in [0.15, 0.2) is 11.3 Å². The largest absolute Gasteiger partial charge is 0.491 e. The molecule has 3 N–H and O–H groups in total. The normalized spacial score (nSPS) is 41.9. The molecule has 1 saturated carbocycles. The number of rotatable bonds is 1. The Hall–Kier alpha value is -0.910. The minimum atomic E-state index is -1.01. The minimum absolute atomic E-state index is 0.0204. The zero-order valence-corrected chi connectivity index (χ0v) is 13.0. The van der Waals surface area contributed by atoms with E-state index in [9.17, 15) is 20.1 Å². The van der Waals surface area contributed by atoms with E-state index < -0.39 is 28.8 Å². The maximum atomic E-state index is 12.4. The van der Waals surface area contributed by atoms with Gasteiger partial charge in [-0.25, -0.2) is 0 Å². The van der Waals surface area contributed by atoms with Crippen molar-refractivity contribution in [1.82, 2.24) is 0 Å². The summed E-state index contributed by atoms with van der Waals surface area (Å²) in [6.07, 6.45) is -1.06.